The second-order valence-electron chi connectivity index (χ2n) is 4.33. The third-order valence-electron chi connectivity index (χ3n) is 3.06. The second-order valence-corrected chi connectivity index (χ2v) is 5.18. The number of hydrogen-bond acceptors (Lipinski definition) is 3. The summed E-state index contributed by atoms with van der Waals surface area (Å²) in [5.41, 5.74) is 1.08. The Balaban J connectivity index is 1.96. The van der Waals surface area contributed by atoms with E-state index in [-0.39, 0.29) is 12.3 Å². The monoisotopic (exact) mass is 289 g/mol. The molecular formula is C13H17Cl2NO2. The van der Waals surface area contributed by atoms with Crippen molar-refractivity contribution in [2.45, 2.75) is 25.2 Å². The highest BCUT2D eigenvalue weighted by Crippen LogP contribution is 2.23. The van der Waals surface area contributed by atoms with Gasteiger partial charge < -0.3 is 14.8 Å². The van der Waals surface area contributed by atoms with Gasteiger partial charge in [-0.3, -0.25) is 0 Å². The summed E-state index contributed by atoms with van der Waals surface area (Å²) in [6.45, 7) is 1.37. The van der Waals surface area contributed by atoms with E-state index in [1.807, 2.05) is 19.2 Å². The quantitative estimate of drug-likeness (QED) is 0.904. The van der Waals surface area contributed by atoms with Gasteiger partial charge in [0.15, 0.2) is 6.29 Å². The Morgan fingerprint density at radius 2 is 2.06 bits per heavy atom. The van der Waals surface area contributed by atoms with E-state index in [0.717, 1.165) is 18.4 Å². The summed E-state index contributed by atoms with van der Waals surface area (Å²) in [4.78, 5) is 0. The molecule has 1 aliphatic heterocycles. The van der Waals surface area contributed by atoms with Crippen LogP contribution in [-0.2, 0) is 15.9 Å². The molecule has 0 saturated carbocycles. The van der Waals surface area contributed by atoms with E-state index in [2.05, 4.69) is 5.32 Å². The van der Waals surface area contributed by atoms with Crippen molar-refractivity contribution in [3.8, 4) is 0 Å². The van der Waals surface area contributed by atoms with Crippen LogP contribution in [0.25, 0.3) is 0 Å². The minimum atomic E-state index is -0.103. The number of nitrogens with one attached hydrogen (secondary N) is 1. The SMILES string of the molecule is CNC(Cc1ccc(Cl)cc1Cl)CC1OCCO1. The fourth-order valence-corrected chi connectivity index (χ4v) is 2.52. The average molecular weight is 290 g/mol. The fourth-order valence-electron chi connectivity index (χ4n) is 2.03. The normalized spacial score (nSPS) is 18.2. The van der Waals surface area contributed by atoms with Gasteiger partial charge in [0.25, 0.3) is 0 Å². The van der Waals surface area contributed by atoms with E-state index < -0.39 is 0 Å². The predicted molar refractivity (Wildman–Crippen MR) is 73.3 cm³/mol. The highest BCUT2D eigenvalue weighted by atomic mass is 35.5. The Morgan fingerprint density at radius 1 is 1.33 bits per heavy atom. The summed E-state index contributed by atoms with van der Waals surface area (Å²) in [7, 11) is 1.93. The highest BCUT2D eigenvalue weighted by Gasteiger charge is 2.21. The first kappa shape index (κ1) is 14.1. The topological polar surface area (TPSA) is 30.5 Å². The molecule has 1 aliphatic rings. The number of benzene rings is 1. The third-order valence-corrected chi connectivity index (χ3v) is 3.64. The van der Waals surface area contributed by atoms with E-state index in [1.165, 1.54) is 0 Å². The Labute approximate surface area is 117 Å². The minimum absolute atomic E-state index is 0.103. The number of hydrogen-bond donors (Lipinski definition) is 1. The van der Waals surface area contributed by atoms with Crippen molar-refractivity contribution in [3.63, 3.8) is 0 Å². The molecule has 1 N–H and O–H groups in total. The summed E-state index contributed by atoms with van der Waals surface area (Å²) in [6.07, 6.45) is 1.54. The molecule has 2 rings (SSSR count). The standard InChI is InChI=1S/C13H17Cl2NO2/c1-16-11(8-13-17-4-5-18-13)6-9-2-3-10(14)7-12(9)15/h2-3,7,11,13,16H,4-6,8H2,1H3. The van der Waals surface area contributed by atoms with Crippen molar-refractivity contribution < 1.29 is 9.47 Å². The summed E-state index contributed by atoms with van der Waals surface area (Å²) in [6, 6.07) is 5.86. The summed E-state index contributed by atoms with van der Waals surface area (Å²) >= 11 is 12.1. The van der Waals surface area contributed by atoms with Crippen LogP contribution in [0.4, 0.5) is 0 Å². The van der Waals surface area contributed by atoms with Gasteiger partial charge in [0.1, 0.15) is 0 Å². The van der Waals surface area contributed by atoms with Crippen LogP contribution in [0.1, 0.15) is 12.0 Å². The van der Waals surface area contributed by atoms with Crippen molar-refractivity contribution in [2.75, 3.05) is 20.3 Å². The molecule has 1 atom stereocenters. The number of likely N-dealkylation sites (N-methyl/N-ethyl adjacent to an activating group) is 1. The Kier molecular flexibility index (Phi) is 5.27. The number of rotatable bonds is 5. The van der Waals surface area contributed by atoms with Gasteiger partial charge in [-0.2, -0.15) is 0 Å². The largest absolute Gasteiger partial charge is 0.350 e. The third kappa shape index (κ3) is 3.84. The van der Waals surface area contributed by atoms with Crippen LogP contribution in [0.2, 0.25) is 10.0 Å². The van der Waals surface area contributed by atoms with Gasteiger partial charge in [0, 0.05) is 22.5 Å². The van der Waals surface area contributed by atoms with Gasteiger partial charge in [-0.25, -0.2) is 0 Å². The molecule has 1 saturated heterocycles. The first-order chi connectivity index (χ1) is 8.69. The van der Waals surface area contributed by atoms with Gasteiger partial charge in [0.2, 0.25) is 0 Å². The van der Waals surface area contributed by atoms with Gasteiger partial charge >= 0.3 is 0 Å². The Morgan fingerprint density at radius 3 is 2.67 bits per heavy atom. The second kappa shape index (κ2) is 6.73. The highest BCUT2D eigenvalue weighted by molar-refractivity contribution is 6.35. The van der Waals surface area contributed by atoms with Gasteiger partial charge in [-0.1, -0.05) is 29.3 Å². The van der Waals surface area contributed by atoms with E-state index >= 15 is 0 Å². The lowest BCUT2D eigenvalue weighted by Gasteiger charge is -2.20. The molecule has 0 radical (unpaired) electrons. The van der Waals surface area contributed by atoms with Crippen LogP contribution in [0.15, 0.2) is 18.2 Å². The Hall–Kier alpha value is -0.320. The summed E-state index contributed by atoms with van der Waals surface area (Å²) in [5, 5.41) is 4.63. The van der Waals surface area contributed by atoms with E-state index in [4.69, 9.17) is 32.7 Å². The molecule has 18 heavy (non-hydrogen) atoms. The van der Waals surface area contributed by atoms with E-state index in [1.54, 1.807) is 6.07 Å². The zero-order valence-electron chi connectivity index (χ0n) is 10.3. The van der Waals surface area contributed by atoms with Crippen LogP contribution >= 0.6 is 23.2 Å². The number of halogens is 2. The number of ether oxygens (including phenoxy) is 2. The lowest BCUT2D eigenvalue weighted by molar-refractivity contribution is -0.0522. The van der Waals surface area contributed by atoms with Crippen molar-refractivity contribution >= 4 is 23.2 Å². The molecule has 1 unspecified atom stereocenters. The maximum atomic E-state index is 6.17. The van der Waals surface area contributed by atoms with Crippen LogP contribution in [0.3, 0.4) is 0 Å². The molecular weight excluding hydrogens is 273 g/mol. The molecule has 1 aromatic rings. The smallest absolute Gasteiger partial charge is 0.159 e. The lowest BCUT2D eigenvalue weighted by atomic mass is 10.0. The van der Waals surface area contributed by atoms with Gasteiger partial charge in [-0.05, 0) is 31.2 Å². The molecule has 1 aromatic carbocycles. The van der Waals surface area contributed by atoms with Gasteiger partial charge in [-0.15, -0.1) is 0 Å². The van der Waals surface area contributed by atoms with Crippen molar-refractivity contribution in [3.05, 3.63) is 33.8 Å². The molecule has 0 aliphatic carbocycles. The summed E-state index contributed by atoms with van der Waals surface area (Å²) in [5.74, 6) is 0. The van der Waals surface area contributed by atoms with Crippen molar-refractivity contribution in [1.82, 2.24) is 5.32 Å². The molecule has 0 amide bonds. The summed E-state index contributed by atoms with van der Waals surface area (Å²) < 4.78 is 10.9. The van der Waals surface area contributed by atoms with Crippen LogP contribution in [-0.4, -0.2) is 32.6 Å². The fraction of sp³-hybridized carbons (Fsp3) is 0.538. The zero-order chi connectivity index (χ0) is 13.0. The molecule has 0 aromatic heterocycles. The van der Waals surface area contributed by atoms with Gasteiger partial charge in [0.05, 0.1) is 13.2 Å². The lowest BCUT2D eigenvalue weighted by Crippen LogP contribution is -2.32. The zero-order valence-corrected chi connectivity index (χ0v) is 11.8. The molecule has 100 valence electrons. The van der Waals surface area contributed by atoms with Crippen molar-refractivity contribution in [2.24, 2.45) is 0 Å². The molecule has 3 nitrogen and oxygen atoms in total. The first-order valence-corrected chi connectivity index (χ1v) is 6.79. The maximum absolute atomic E-state index is 6.17. The van der Waals surface area contributed by atoms with Crippen LogP contribution < -0.4 is 5.32 Å². The first-order valence-electron chi connectivity index (χ1n) is 6.03. The minimum Gasteiger partial charge on any atom is -0.350 e. The predicted octanol–water partition coefficient (Wildman–Crippen LogP) is 2.89. The molecule has 5 heteroatoms. The maximum Gasteiger partial charge on any atom is 0.159 e. The molecule has 1 heterocycles. The van der Waals surface area contributed by atoms with E-state index in [0.29, 0.717) is 23.3 Å². The molecule has 0 spiro atoms. The van der Waals surface area contributed by atoms with Crippen LogP contribution in [0, 0.1) is 0 Å². The van der Waals surface area contributed by atoms with Crippen LogP contribution in [0.5, 0.6) is 0 Å². The average Bonchev–Trinajstić information content (AvgIpc) is 2.84. The van der Waals surface area contributed by atoms with Crippen molar-refractivity contribution in [1.29, 1.82) is 0 Å². The van der Waals surface area contributed by atoms with E-state index in [9.17, 15) is 0 Å². The Bertz CT molecular complexity index is 395. The molecule has 1 fully saturated rings. The molecule has 0 bridgehead atoms.